The van der Waals surface area contributed by atoms with E-state index in [1.54, 1.807) is 0 Å². The predicted molar refractivity (Wildman–Crippen MR) is 83.6 cm³/mol. The third-order valence-electron chi connectivity index (χ3n) is 3.07. The number of unbranched alkanes of at least 4 members (excludes halogenated alkanes) is 1. The van der Waals surface area contributed by atoms with Gasteiger partial charge in [0, 0.05) is 5.56 Å². The van der Waals surface area contributed by atoms with Crippen LogP contribution in [0.5, 0.6) is 0 Å². The molecule has 2 heteroatoms. The van der Waals surface area contributed by atoms with Crippen LogP contribution >= 0.6 is 0 Å². The molecule has 0 atom stereocenters. The summed E-state index contributed by atoms with van der Waals surface area (Å²) in [6.07, 6.45) is 8.88. The van der Waals surface area contributed by atoms with Gasteiger partial charge in [0.2, 0.25) is 0 Å². The SMILES string of the molecule is C#Cc1ccc(N=Nc2ccc(CCCC)cc2)cc1. The largest absolute Gasteiger partial charge is 0.151 e. The number of azo groups is 1. The van der Waals surface area contributed by atoms with E-state index in [0.29, 0.717) is 0 Å². The van der Waals surface area contributed by atoms with E-state index < -0.39 is 0 Å². The number of rotatable bonds is 5. The van der Waals surface area contributed by atoms with Crippen LogP contribution < -0.4 is 0 Å². The van der Waals surface area contributed by atoms with Gasteiger partial charge in [-0.25, -0.2) is 0 Å². The van der Waals surface area contributed by atoms with Gasteiger partial charge in [-0.05, 0) is 54.8 Å². The summed E-state index contributed by atoms with van der Waals surface area (Å²) < 4.78 is 0. The number of hydrogen-bond donors (Lipinski definition) is 0. The first kappa shape index (κ1) is 14.0. The summed E-state index contributed by atoms with van der Waals surface area (Å²) in [7, 11) is 0. The van der Waals surface area contributed by atoms with Crippen molar-refractivity contribution in [1.82, 2.24) is 0 Å². The molecule has 2 aromatic rings. The Morgan fingerprint density at radius 2 is 1.45 bits per heavy atom. The van der Waals surface area contributed by atoms with Gasteiger partial charge in [-0.1, -0.05) is 31.4 Å². The summed E-state index contributed by atoms with van der Waals surface area (Å²) >= 11 is 0. The van der Waals surface area contributed by atoms with Gasteiger partial charge in [0.1, 0.15) is 0 Å². The average molecular weight is 262 g/mol. The lowest BCUT2D eigenvalue weighted by Crippen LogP contribution is -1.82. The summed E-state index contributed by atoms with van der Waals surface area (Å²) in [5, 5.41) is 8.43. The maximum atomic E-state index is 5.31. The maximum absolute atomic E-state index is 5.31. The van der Waals surface area contributed by atoms with E-state index in [4.69, 9.17) is 6.42 Å². The molecule has 0 saturated carbocycles. The molecule has 2 aromatic carbocycles. The summed E-state index contributed by atoms with van der Waals surface area (Å²) in [4.78, 5) is 0. The fourth-order valence-electron chi connectivity index (χ4n) is 1.85. The van der Waals surface area contributed by atoms with Gasteiger partial charge < -0.3 is 0 Å². The number of nitrogens with zero attached hydrogens (tertiary/aromatic N) is 2. The minimum Gasteiger partial charge on any atom is -0.151 e. The molecule has 0 heterocycles. The zero-order chi connectivity index (χ0) is 14.2. The van der Waals surface area contributed by atoms with Gasteiger partial charge in [-0.15, -0.1) is 6.42 Å². The van der Waals surface area contributed by atoms with Gasteiger partial charge in [0.25, 0.3) is 0 Å². The second kappa shape index (κ2) is 7.25. The molecular formula is C18H18N2. The third-order valence-corrected chi connectivity index (χ3v) is 3.07. The Morgan fingerprint density at radius 3 is 1.95 bits per heavy atom. The summed E-state index contributed by atoms with van der Waals surface area (Å²) in [6, 6.07) is 15.7. The topological polar surface area (TPSA) is 24.7 Å². The minimum absolute atomic E-state index is 0.805. The highest BCUT2D eigenvalue weighted by Crippen LogP contribution is 2.19. The molecule has 2 rings (SSSR count). The number of terminal acetylenes is 1. The maximum Gasteiger partial charge on any atom is 0.0857 e. The van der Waals surface area contributed by atoms with E-state index in [-0.39, 0.29) is 0 Å². The Morgan fingerprint density at radius 1 is 0.900 bits per heavy atom. The van der Waals surface area contributed by atoms with Gasteiger partial charge in [-0.3, -0.25) is 0 Å². The van der Waals surface area contributed by atoms with Crippen LogP contribution in [0.25, 0.3) is 0 Å². The van der Waals surface area contributed by atoms with E-state index in [0.717, 1.165) is 23.4 Å². The van der Waals surface area contributed by atoms with Crippen LogP contribution in [-0.2, 0) is 6.42 Å². The highest BCUT2D eigenvalue weighted by molar-refractivity contribution is 5.44. The molecule has 0 fully saturated rings. The Bertz CT molecular complexity index is 601. The first-order valence-electron chi connectivity index (χ1n) is 6.89. The number of benzene rings is 2. The molecule has 0 aliphatic heterocycles. The highest BCUT2D eigenvalue weighted by atomic mass is 15.1. The van der Waals surface area contributed by atoms with Crippen LogP contribution in [-0.4, -0.2) is 0 Å². The molecule has 0 radical (unpaired) electrons. The Balaban J connectivity index is 2.01. The van der Waals surface area contributed by atoms with Crippen LogP contribution in [0.3, 0.4) is 0 Å². The summed E-state index contributed by atoms with van der Waals surface area (Å²) in [5.74, 6) is 2.58. The van der Waals surface area contributed by atoms with Crippen molar-refractivity contribution in [1.29, 1.82) is 0 Å². The van der Waals surface area contributed by atoms with Crippen LogP contribution in [0, 0.1) is 12.3 Å². The molecule has 0 saturated heterocycles. The van der Waals surface area contributed by atoms with E-state index in [9.17, 15) is 0 Å². The lowest BCUT2D eigenvalue weighted by atomic mass is 10.1. The quantitative estimate of drug-likeness (QED) is 0.507. The molecule has 0 bridgehead atoms. The monoisotopic (exact) mass is 262 g/mol. The molecule has 0 unspecified atom stereocenters. The first-order chi connectivity index (χ1) is 9.81. The zero-order valence-electron chi connectivity index (χ0n) is 11.7. The van der Waals surface area contributed by atoms with Gasteiger partial charge in [0.05, 0.1) is 11.4 Å². The van der Waals surface area contributed by atoms with Crippen LogP contribution in [0.15, 0.2) is 58.8 Å². The minimum atomic E-state index is 0.805. The van der Waals surface area contributed by atoms with Crippen LogP contribution in [0.4, 0.5) is 11.4 Å². The second-order valence-corrected chi connectivity index (χ2v) is 4.66. The van der Waals surface area contributed by atoms with Gasteiger partial charge in [-0.2, -0.15) is 10.2 Å². The molecular weight excluding hydrogens is 244 g/mol. The van der Waals surface area contributed by atoms with Crippen LogP contribution in [0.1, 0.15) is 30.9 Å². The van der Waals surface area contributed by atoms with Crippen molar-refractivity contribution < 1.29 is 0 Å². The number of aryl methyl sites for hydroxylation is 1. The summed E-state index contributed by atoms with van der Waals surface area (Å²) in [6.45, 7) is 2.20. The predicted octanol–water partition coefficient (Wildman–Crippen LogP) is 5.43. The molecule has 20 heavy (non-hydrogen) atoms. The molecule has 0 spiro atoms. The van der Waals surface area contributed by atoms with Crippen molar-refractivity contribution in [2.75, 3.05) is 0 Å². The van der Waals surface area contributed by atoms with Crippen molar-refractivity contribution in [2.45, 2.75) is 26.2 Å². The molecule has 0 aromatic heterocycles. The van der Waals surface area contributed by atoms with Crippen molar-refractivity contribution in [2.24, 2.45) is 10.2 Å². The fourth-order valence-corrected chi connectivity index (χ4v) is 1.85. The highest BCUT2D eigenvalue weighted by Gasteiger charge is 1.94. The fraction of sp³-hybridized carbons (Fsp3) is 0.222. The average Bonchev–Trinajstić information content (AvgIpc) is 2.52. The Hall–Kier alpha value is -2.40. The molecule has 0 N–H and O–H groups in total. The Labute approximate surface area is 120 Å². The van der Waals surface area contributed by atoms with Crippen LogP contribution in [0.2, 0.25) is 0 Å². The lowest BCUT2D eigenvalue weighted by molar-refractivity contribution is 0.795. The van der Waals surface area contributed by atoms with Gasteiger partial charge in [0.15, 0.2) is 0 Å². The molecule has 0 aliphatic carbocycles. The summed E-state index contributed by atoms with van der Waals surface area (Å²) in [5.41, 5.74) is 3.87. The first-order valence-corrected chi connectivity index (χ1v) is 6.89. The van der Waals surface area contributed by atoms with E-state index >= 15 is 0 Å². The van der Waals surface area contributed by atoms with Crippen molar-refractivity contribution in [3.05, 3.63) is 59.7 Å². The smallest absolute Gasteiger partial charge is 0.0857 e. The van der Waals surface area contributed by atoms with Gasteiger partial charge >= 0.3 is 0 Å². The van der Waals surface area contributed by atoms with Crippen molar-refractivity contribution in [3.8, 4) is 12.3 Å². The molecule has 100 valence electrons. The third kappa shape index (κ3) is 4.07. The van der Waals surface area contributed by atoms with Crippen molar-refractivity contribution >= 4 is 11.4 Å². The molecule has 0 amide bonds. The standard InChI is InChI=1S/C18H18N2/c1-3-5-6-16-9-13-18(14-10-16)20-19-17-11-7-15(4-2)8-12-17/h2,7-14H,3,5-6H2,1H3. The van der Waals surface area contributed by atoms with E-state index in [2.05, 4.69) is 35.2 Å². The molecule has 2 nitrogen and oxygen atoms in total. The molecule has 0 aliphatic rings. The van der Waals surface area contributed by atoms with E-state index in [1.165, 1.54) is 18.4 Å². The zero-order valence-corrected chi connectivity index (χ0v) is 11.7. The normalized spacial score (nSPS) is 10.6. The van der Waals surface area contributed by atoms with Crippen molar-refractivity contribution in [3.63, 3.8) is 0 Å². The van der Waals surface area contributed by atoms with E-state index in [1.807, 2.05) is 36.4 Å². The second-order valence-electron chi connectivity index (χ2n) is 4.66. The number of hydrogen-bond acceptors (Lipinski definition) is 2. The lowest BCUT2D eigenvalue weighted by Gasteiger charge is -1.99. The Kier molecular flexibility index (Phi) is 5.08.